The molecule has 0 amide bonds. The van der Waals surface area contributed by atoms with E-state index in [1.807, 2.05) is 12.1 Å². The molecule has 22 heavy (non-hydrogen) atoms. The lowest BCUT2D eigenvalue weighted by Gasteiger charge is -2.04. The first-order valence-corrected chi connectivity index (χ1v) is 7.16. The van der Waals surface area contributed by atoms with Crippen molar-refractivity contribution >= 4 is 29.2 Å². The maximum atomic E-state index is 11.6. The van der Waals surface area contributed by atoms with E-state index in [1.54, 1.807) is 49.4 Å². The molecule has 0 aliphatic heterocycles. The van der Waals surface area contributed by atoms with E-state index in [-0.39, 0.29) is 5.97 Å². The zero-order valence-electron chi connectivity index (χ0n) is 12.0. The monoisotopic (exact) mass is 311 g/mol. The fraction of sp³-hybridized carbons (Fsp3) is 0.111. The number of carbonyl (C=O) groups excluding carboxylic acids is 1. The third-order valence-corrected chi connectivity index (χ3v) is 3.26. The number of esters is 1. The van der Waals surface area contributed by atoms with Crippen LogP contribution in [0.15, 0.2) is 48.5 Å². The summed E-state index contributed by atoms with van der Waals surface area (Å²) in [5, 5.41) is 9.97. The SMILES string of the molecule is CCOC(=O)c1ccc(/C(C#N)=C\c2ccc(Cl)cc2)cc1. The van der Waals surface area contributed by atoms with Gasteiger partial charge in [0.1, 0.15) is 0 Å². The van der Waals surface area contributed by atoms with E-state index in [9.17, 15) is 10.1 Å². The third-order valence-electron chi connectivity index (χ3n) is 3.01. The fourth-order valence-corrected chi connectivity index (χ4v) is 2.03. The van der Waals surface area contributed by atoms with Crippen LogP contribution < -0.4 is 0 Å². The highest BCUT2D eigenvalue weighted by molar-refractivity contribution is 6.30. The van der Waals surface area contributed by atoms with Crippen molar-refractivity contribution in [3.05, 3.63) is 70.2 Å². The summed E-state index contributed by atoms with van der Waals surface area (Å²) < 4.78 is 4.93. The molecule has 0 saturated carbocycles. The minimum atomic E-state index is -0.366. The smallest absolute Gasteiger partial charge is 0.338 e. The summed E-state index contributed by atoms with van der Waals surface area (Å²) in [5.74, 6) is -0.366. The van der Waals surface area contributed by atoms with Crippen LogP contribution >= 0.6 is 11.6 Å². The van der Waals surface area contributed by atoms with Crippen molar-refractivity contribution in [1.29, 1.82) is 5.26 Å². The van der Waals surface area contributed by atoms with Crippen molar-refractivity contribution in [2.45, 2.75) is 6.92 Å². The van der Waals surface area contributed by atoms with Gasteiger partial charge in [-0.2, -0.15) is 5.26 Å². The van der Waals surface area contributed by atoms with Gasteiger partial charge >= 0.3 is 5.97 Å². The van der Waals surface area contributed by atoms with Crippen LogP contribution in [0.5, 0.6) is 0 Å². The summed E-state index contributed by atoms with van der Waals surface area (Å²) >= 11 is 5.84. The van der Waals surface area contributed by atoms with Gasteiger partial charge in [0, 0.05) is 5.02 Å². The molecule has 0 radical (unpaired) electrons. The number of nitriles is 1. The van der Waals surface area contributed by atoms with Crippen molar-refractivity contribution in [2.24, 2.45) is 0 Å². The number of halogens is 1. The van der Waals surface area contributed by atoms with Crippen LogP contribution in [-0.2, 0) is 4.74 Å². The number of benzene rings is 2. The Hall–Kier alpha value is -2.57. The molecule has 2 rings (SSSR count). The van der Waals surface area contributed by atoms with E-state index in [2.05, 4.69) is 6.07 Å². The molecule has 0 bridgehead atoms. The molecule has 0 aromatic heterocycles. The number of hydrogen-bond acceptors (Lipinski definition) is 3. The van der Waals surface area contributed by atoms with Crippen LogP contribution in [0.1, 0.15) is 28.4 Å². The molecule has 2 aromatic carbocycles. The lowest BCUT2D eigenvalue weighted by molar-refractivity contribution is 0.0526. The van der Waals surface area contributed by atoms with E-state index in [0.717, 1.165) is 11.1 Å². The van der Waals surface area contributed by atoms with E-state index in [1.165, 1.54) is 0 Å². The van der Waals surface area contributed by atoms with Gasteiger partial charge < -0.3 is 4.74 Å². The average molecular weight is 312 g/mol. The molecular formula is C18H14ClNO2. The third kappa shape index (κ3) is 3.97. The predicted molar refractivity (Wildman–Crippen MR) is 87.3 cm³/mol. The number of carbonyl (C=O) groups is 1. The molecule has 110 valence electrons. The van der Waals surface area contributed by atoms with E-state index < -0.39 is 0 Å². The summed E-state index contributed by atoms with van der Waals surface area (Å²) in [4.78, 5) is 11.6. The first-order valence-electron chi connectivity index (χ1n) is 6.79. The Morgan fingerprint density at radius 3 is 2.27 bits per heavy atom. The Bertz CT molecular complexity index is 725. The molecule has 3 nitrogen and oxygen atoms in total. The topological polar surface area (TPSA) is 50.1 Å². The van der Waals surface area contributed by atoms with Gasteiger partial charge in [-0.3, -0.25) is 0 Å². The van der Waals surface area contributed by atoms with Crippen molar-refractivity contribution in [3.63, 3.8) is 0 Å². The van der Waals surface area contributed by atoms with Gasteiger partial charge in [0.05, 0.1) is 23.8 Å². The molecule has 2 aromatic rings. The minimum Gasteiger partial charge on any atom is -0.462 e. The van der Waals surface area contributed by atoms with E-state index in [4.69, 9.17) is 16.3 Å². The van der Waals surface area contributed by atoms with Gasteiger partial charge in [-0.05, 0) is 48.4 Å². The summed E-state index contributed by atoms with van der Waals surface area (Å²) in [6.07, 6.45) is 1.77. The molecule has 0 fully saturated rings. The normalized spacial score (nSPS) is 10.9. The summed E-state index contributed by atoms with van der Waals surface area (Å²) in [6.45, 7) is 2.09. The molecule has 0 aliphatic carbocycles. The number of ether oxygens (including phenoxy) is 1. The Balaban J connectivity index is 2.26. The summed E-state index contributed by atoms with van der Waals surface area (Å²) in [7, 11) is 0. The average Bonchev–Trinajstić information content (AvgIpc) is 2.55. The Labute approximate surface area is 134 Å². The molecule has 0 atom stereocenters. The van der Waals surface area contributed by atoms with Crippen molar-refractivity contribution in [2.75, 3.05) is 6.61 Å². The second-order valence-corrected chi connectivity index (χ2v) is 4.96. The highest BCUT2D eigenvalue weighted by Gasteiger charge is 2.07. The molecule has 0 saturated heterocycles. The van der Waals surface area contributed by atoms with Crippen LogP contribution in [0.4, 0.5) is 0 Å². The molecular weight excluding hydrogens is 298 g/mol. The molecule has 0 heterocycles. The Morgan fingerprint density at radius 2 is 1.73 bits per heavy atom. The van der Waals surface area contributed by atoms with Crippen LogP contribution in [0, 0.1) is 11.3 Å². The highest BCUT2D eigenvalue weighted by Crippen LogP contribution is 2.20. The lowest BCUT2D eigenvalue weighted by atomic mass is 10.0. The van der Waals surface area contributed by atoms with Crippen LogP contribution in [0.25, 0.3) is 11.6 Å². The summed E-state index contributed by atoms with van der Waals surface area (Å²) in [5.41, 5.74) is 2.60. The second kappa shape index (κ2) is 7.44. The van der Waals surface area contributed by atoms with Gasteiger partial charge in [-0.15, -0.1) is 0 Å². The molecule has 0 unspecified atom stereocenters. The zero-order chi connectivity index (χ0) is 15.9. The second-order valence-electron chi connectivity index (χ2n) is 4.52. The quantitative estimate of drug-likeness (QED) is 0.472. The van der Waals surface area contributed by atoms with E-state index >= 15 is 0 Å². The van der Waals surface area contributed by atoms with Crippen molar-refractivity contribution in [3.8, 4) is 6.07 Å². The van der Waals surface area contributed by atoms with Crippen molar-refractivity contribution < 1.29 is 9.53 Å². The van der Waals surface area contributed by atoms with Gasteiger partial charge in [0.25, 0.3) is 0 Å². The first-order chi connectivity index (χ1) is 10.6. The number of rotatable bonds is 4. The fourth-order valence-electron chi connectivity index (χ4n) is 1.91. The number of hydrogen-bond donors (Lipinski definition) is 0. The first kappa shape index (κ1) is 15.8. The summed E-state index contributed by atoms with van der Waals surface area (Å²) in [6, 6.07) is 16.2. The molecule has 0 aliphatic rings. The van der Waals surface area contributed by atoms with Gasteiger partial charge in [-0.1, -0.05) is 35.9 Å². The molecule has 0 N–H and O–H groups in total. The Morgan fingerprint density at radius 1 is 1.14 bits per heavy atom. The number of nitrogens with zero attached hydrogens (tertiary/aromatic N) is 1. The largest absolute Gasteiger partial charge is 0.462 e. The van der Waals surface area contributed by atoms with Crippen LogP contribution in [0.2, 0.25) is 5.02 Å². The lowest BCUT2D eigenvalue weighted by Crippen LogP contribution is -2.04. The van der Waals surface area contributed by atoms with Crippen LogP contribution in [0.3, 0.4) is 0 Å². The standard InChI is InChI=1S/C18H14ClNO2/c1-2-22-18(21)15-7-5-14(6-8-15)16(12-20)11-13-3-9-17(19)10-4-13/h3-11H,2H2,1H3/b16-11-. The zero-order valence-corrected chi connectivity index (χ0v) is 12.8. The van der Waals surface area contributed by atoms with E-state index in [0.29, 0.717) is 22.8 Å². The van der Waals surface area contributed by atoms with Gasteiger partial charge in [0.15, 0.2) is 0 Å². The predicted octanol–water partition coefficient (Wildman–Crippen LogP) is 4.58. The maximum Gasteiger partial charge on any atom is 0.338 e. The Kier molecular flexibility index (Phi) is 5.35. The van der Waals surface area contributed by atoms with Gasteiger partial charge in [0.2, 0.25) is 0 Å². The maximum absolute atomic E-state index is 11.6. The van der Waals surface area contributed by atoms with Crippen molar-refractivity contribution in [1.82, 2.24) is 0 Å². The van der Waals surface area contributed by atoms with Crippen LogP contribution in [-0.4, -0.2) is 12.6 Å². The molecule has 4 heteroatoms. The number of allylic oxidation sites excluding steroid dienone is 1. The molecule has 0 spiro atoms. The minimum absolute atomic E-state index is 0.334. The highest BCUT2D eigenvalue weighted by atomic mass is 35.5. The van der Waals surface area contributed by atoms with Gasteiger partial charge in [-0.25, -0.2) is 4.79 Å².